The van der Waals surface area contributed by atoms with E-state index in [1.807, 2.05) is 12.1 Å². The Labute approximate surface area is 207 Å². The maximum Gasteiger partial charge on any atom is 0.159 e. The minimum atomic E-state index is -0.496. The molecule has 1 aromatic heterocycles. The molecule has 2 atom stereocenters. The third-order valence-electron chi connectivity index (χ3n) is 6.54. The maximum absolute atomic E-state index is 13.5. The van der Waals surface area contributed by atoms with Crippen LogP contribution in [-0.2, 0) is 16.0 Å². The van der Waals surface area contributed by atoms with Crippen molar-refractivity contribution in [3.05, 3.63) is 65.2 Å². The number of hydrogen-bond acceptors (Lipinski definition) is 7. The van der Waals surface area contributed by atoms with E-state index >= 15 is 0 Å². The van der Waals surface area contributed by atoms with Crippen LogP contribution in [0.4, 0.5) is 15.9 Å². The van der Waals surface area contributed by atoms with Crippen molar-refractivity contribution in [1.82, 2.24) is 14.9 Å². The van der Waals surface area contributed by atoms with Gasteiger partial charge in [0.25, 0.3) is 0 Å². The maximum atomic E-state index is 13.5. The van der Waals surface area contributed by atoms with Crippen molar-refractivity contribution < 1.29 is 18.7 Å². The van der Waals surface area contributed by atoms with Gasteiger partial charge in [-0.3, -0.25) is 9.69 Å². The molecule has 0 radical (unpaired) electrons. The molecule has 0 spiro atoms. The molecule has 3 heterocycles. The first-order valence-corrected chi connectivity index (χ1v) is 12.0. The number of fused-ring (bicyclic) bond motifs is 2. The summed E-state index contributed by atoms with van der Waals surface area (Å²) in [5, 5.41) is 3.88. The summed E-state index contributed by atoms with van der Waals surface area (Å²) < 4.78 is 24.7. The Balaban J connectivity index is 1.33. The van der Waals surface area contributed by atoms with Crippen molar-refractivity contribution in [2.24, 2.45) is 0 Å². The SMILES string of the molecule is COc1cc2ncnc(Nc3ccc(F)c(Cl)c3)c2cc1CC(=O)/C=C/CN1CCCC2OCC21. The molecule has 2 aromatic carbocycles. The fourth-order valence-corrected chi connectivity index (χ4v) is 4.84. The summed E-state index contributed by atoms with van der Waals surface area (Å²) in [5.74, 6) is 0.591. The molecule has 2 fully saturated rings. The summed E-state index contributed by atoms with van der Waals surface area (Å²) in [6.45, 7) is 2.56. The molecule has 0 amide bonds. The van der Waals surface area contributed by atoms with E-state index in [-0.39, 0.29) is 17.2 Å². The summed E-state index contributed by atoms with van der Waals surface area (Å²) >= 11 is 5.91. The summed E-state index contributed by atoms with van der Waals surface area (Å²) in [6, 6.07) is 8.48. The van der Waals surface area contributed by atoms with E-state index in [0.29, 0.717) is 40.3 Å². The zero-order valence-corrected chi connectivity index (χ0v) is 20.1. The van der Waals surface area contributed by atoms with Crippen molar-refractivity contribution in [3.8, 4) is 5.75 Å². The number of hydrogen-bond donors (Lipinski definition) is 1. The van der Waals surface area contributed by atoms with Gasteiger partial charge in [-0.25, -0.2) is 14.4 Å². The molecule has 0 bridgehead atoms. The number of carbonyl (C=O) groups is 1. The zero-order chi connectivity index (χ0) is 24.4. The molecule has 7 nitrogen and oxygen atoms in total. The summed E-state index contributed by atoms with van der Waals surface area (Å²) in [4.78, 5) is 23.8. The number of benzene rings is 2. The van der Waals surface area contributed by atoms with Crippen LogP contribution < -0.4 is 10.1 Å². The predicted octanol–water partition coefficient (Wildman–Crippen LogP) is 4.71. The van der Waals surface area contributed by atoms with Gasteiger partial charge in [-0.2, -0.15) is 0 Å². The first-order chi connectivity index (χ1) is 17.0. The highest BCUT2D eigenvalue weighted by atomic mass is 35.5. The highest BCUT2D eigenvalue weighted by Crippen LogP contribution is 2.31. The highest BCUT2D eigenvalue weighted by Gasteiger charge is 2.38. The number of rotatable bonds is 8. The number of carbonyl (C=O) groups excluding carboxylic acids is 1. The van der Waals surface area contributed by atoms with Gasteiger partial charge in [0, 0.05) is 35.7 Å². The molecule has 1 N–H and O–H groups in total. The molecule has 35 heavy (non-hydrogen) atoms. The monoisotopic (exact) mass is 496 g/mol. The number of methoxy groups -OCH3 is 1. The van der Waals surface area contributed by atoms with Gasteiger partial charge in [0.05, 0.1) is 36.4 Å². The number of halogens is 2. The van der Waals surface area contributed by atoms with Crippen LogP contribution in [0.2, 0.25) is 5.02 Å². The van der Waals surface area contributed by atoms with Crippen molar-refractivity contribution in [2.75, 3.05) is 32.1 Å². The smallest absolute Gasteiger partial charge is 0.159 e. The molecule has 0 saturated carbocycles. The normalized spacial score (nSPS) is 20.0. The van der Waals surface area contributed by atoms with E-state index in [4.69, 9.17) is 21.1 Å². The molecular weight excluding hydrogens is 471 g/mol. The lowest BCUT2D eigenvalue weighted by Gasteiger charge is -2.47. The number of likely N-dealkylation sites (tertiary alicyclic amines) is 1. The van der Waals surface area contributed by atoms with E-state index in [0.717, 1.165) is 38.1 Å². The number of ether oxygens (including phenoxy) is 2. The van der Waals surface area contributed by atoms with E-state index in [9.17, 15) is 9.18 Å². The number of piperidine rings is 1. The first-order valence-electron chi connectivity index (χ1n) is 11.6. The average Bonchev–Trinajstić information content (AvgIpc) is 2.82. The van der Waals surface area contributed by atoms with E-state index in [1.165, 1.54) is 18.5 Å². The van der Waals surface area contributed by atoms with Crippen LogP contribution >= 0.6 is 11.6 Å². The lowest BCUT2D eigenvalue weighted by molar-refractivity contribution is -0.152. The quantitative estimate of drug-likeness (QED) is 0.453. The topological polar surface area (TPSA) is 76.6 Å². The number of anilines is 2. The van der Waals surface area contributed by atoms with Gasteiger partial charge < -0.3 is 14.8 Å². The summed E-state index contributed by atoms with van der Waals surface area (Å²) in [5.41, 5.74) is 1.97. The van der Waals surface area contributed by atoms with Crippen LogP contribution in [0.1, 0.15) is 18.4 Å². The van der Waals surface area contributed by atoms with Crippen LogP contribution in [-0.4, -0.2) is 59.6 Å². The van der Waals surface area contributed by atoms with Gasteiger partial charge in [-0.1, -0.05) is 17.7 Å². The van der Waals surface area contributed by atoms with Gasteiger partial charge >= 0.3 is 0 Å². The van der Waals surface area contributed by atoms with Gasteiger partial charge in [-0.15, -0.1) is 0 Å². The van der Waals surface area contributed by atoms with Gasteiger partial charge in [-0.05, 0) is 49.7 Å². The number of allylic oxidation sites excluding steroid dienone is 1. The lowest BCUT2D eigenvalue weighted by atomic mass is 9.95. The van der Waals surface area contributed by atoms with Gasteiger partial charge in [0.15, 0.2) is 5.78 Å². The fraction of sp³-hybridized carbons (Fsp3) is 0.346. The first kappa shape index (κ1) is 23.7. The molecule has 0 aliphatic carbocycles. The molecule has 2 saturated heterocycles. The van der Waals surface area contributed by atoms with Crippen molar-refractivity contribution in [1.29, 1.82) is 0 Å². The molecule has 3 aromatic rings. The Morgan fingerprint density at radius 3 is 3.00 bits per heavy atom. The Kier molecular flexibility index (Phi) is 6.95. The summed E-state index contributed by atoms with van der Waals surface area (Å²) in [6.07, 6.45) is 7.80. The lowest BCUT2D eigenvalue weighted by Crippen LogP contribution is -2.59. The molecule has 9 heteroatoms. The van der Waals surface area contributed by atoms with E-state index < -0.39 is 5.82 Å². The van der Waals surface area contributed by atoms with Crippen LogP contribution in [0.5, 0.6) is 5.75 Å². The molecule has 2 unspecified atom stereocenters. The van der Waals surface area contributed by atoms with Crippen LogP contribution in [0.3, 0.4) is 0 Å². The number of ketones is 1. The van der Waals surface area contributed by atoms with Crippen molar-refractivity contribution >= 4 is 39.8 Å². The van der Waals surface area contributed by atoms with Crippen molar-refractivity contribution in [3.63, 3.8) is 0 Å². The standard InChI is InChI=1S/C26H26ClFN4O3/c1-34-25-13-22-19(26(30-15-29-22)31-17-6-7-21(28)20(27)12-17)11-16(25)10-18(33)4-2-8-32-9-3-5-24-23(32)14-35-24/h2,4,6-7,11-13,15,23-24H,3,5,8-10,14H2,1H3,(H,29,30,31)/b4-2+. The third-order valence-corrected chi connectivity index (χ3v) is 6.83. The average molecular weight is 497 g/mol. The van der Waals surface area contributed by atoms with Crippen LogP contribution in [0, 0.1) is 5.82 Å². The molecule has 5 rings (SSSR count). The number of nitrogens with one attached hydrogen (secondary N) is 1. The Hall–Kier alpha value is -3.07. The van der Waals surface area contributed by atoms with Gasteiger partial charge in [0.1, 0.15) is 23.7 Å². The Morgan fingerprint density at radius 2 is 2.23 bits per heavy atom. The Bertz CT molecular complexity index is 1280. The third kappa shape index (κ3) is 5.15. The minimum absolute atomic E-state index is 0.0120. The molecule has 182 valence electrons. The number of aromatic nitrogens is 2. The largest absolute Gasteiger partial charge is 0.496 e. The second-order valence-corrected chi connectivity index (χ2v) is 9.19. The fourth-order valence-electron chi connectivity index (χ4n) is 4.66. The highest BCUT2D eigenvalue weighted by molar-refractivity contribution is 6.31. The van der Waals surface area contributed by atoms with E-state index in [2.05, 4.69) is 20.2 Å². The summed E-state index contributed by atoms with van der Waals surface area (Å²) in [7, 11) is 1.57. The second-order valence-electron chi connectivity index (χ2n) is 8.78. The second kappa shape index (κ2) is 10.3. The number of nitrogens with zero attached hydrogens (tertiary/aromatic N) is 3. The zero-order valence-electron chi connectivity index (χ0n) is 19.3. The van der Waals surface area contributed by atoms with Gasteiger partial charge in [0.2, 0.25) is 0 Å². The van der Waals surface area contributed by atoms with Crippen LogP contribution in [0.25, 0.3) is 10.9 Å². The Morgan fingerprint density at radius 1 is 1.34 bits per heavy atom. The minimum Gasteiger partial charge on any atom is -0.496 e. The predicted molar refractivity (Wildman–Crippen MR) is 133 cm³/mol. The molecular formula is C26H26ClFN4O3. The molecule has 2 aliphatic heterocycles. The molecule has 2 aliphatic rings. The van der Waals surface area contributed by atoms with Crippen LogP contribution in [0.15, 0.2) is 48.8 Å². The van der Waals surface area contributed by atoms with E-state index in [1.54, 1.807) is 25.3 Å². The van der Waals surface area contributed by atoms with Crippen molar-refractivity contribution in [2.45, 2.75) is 31.4 Å².